The summed E-state index contributed by atoms with van der Waals surface area (Å²) in [6.07, 6.45) is 8.46. The smallest absolute Gasteiger partial charge is 0.308 e. The summed E-state index contributed by atoms with van der Waals surface area (Å²) in [6, 6.07) is 20.4. The zero-order valence-corrected chi connectivity index (χ0v) is 26.4. The summed E-state index contributed by atoms with van der Waals surface area (Å²) in [5, 5.41) is 20.3. The molecule has 0 aliphatic heterocycles. The van der Waals surface area contributed by atoms with E-state index in [1.807, 2.05) is 50.2 Å². The number of unbranched alkanes of at least 4 members (excludes halogenated alkanes) is 4. The molecule has 0 spiro atoms. The molecule has 0 radical (unpaired) electrons. The van der Waals surface area contributed by atoms with E-state index in [-0.39, 0.29) is 0 Å². The number of aryl methyl sites for hydroxylation is 2. The standard InChI is InChI=1S/C36H50N2O6/c1-3-23-37(25-15-7-13-21-27-17-9-5-10-18-27)33(39)29-31(35(41)42)30(32(29)36(43)44)34(40)38(24-4-2)26-16-8-14-22-28-19-11-6-12-20-28/h5-6,9-12,17-20,29-32H,3-4,7-8,13-16,21-26H2,1-2H3,(H,41,42)(H,43,44)/t29-,30-,31-,32-. The lowest BCUT2D eigenvalue weighted by Gasteiger charge is -2.48. The van der Waals surface area contributed by atoms with Gasteiger partial charge in [-0.3, -0.25) is 19.2 Å². The highest BCUT2D eigenvalue weighted by atomic mass is 16.4. The predicted molar refractivity (Wildman–Crippen MR) is 171 cm³/mol. The molecule has 0 atom stereocenters. The normalized spacial score (nSPS) is 19.1. The largest absolute Gasteiger partial charge is 0.481 e. The topological polar surface area (TPSA) is 115 Å². The number of carbonyl (C=O) groups excluding carboxylic acids is 2. The van der Waals surface area contributed by atoms with Crippen LogP contribution < -0.4 is 0 Å². The van der Waals surface area contributed by atoms with Gasteiger partial charge in [-0.15, -0.1) is 0 Å². The number of rotatable bonds is 20. The van der Waals surface area contributed by atoms with Crippen LogP contribution in [0.15, 0.2) is 60.7 Å². The Morgan fingerprint density at radius 2 is 0.886 bits per heavy atom. The van der Waals surface area contributed by atoms with Crippen molar-refractivity contribution < 1.29 is 29.4 Å². The molecule has 0 saturated heterocycles. The van der Waals surface area contributed by atoms with Crippen molar-refractivity contribution in [3.63, 3.8) is 0 Å². The maximum absolute atomic E-state index is 13.7. The summed E-state index contributed by atoms with van der Waals surface area (Å²) in [6.45, 7) is 5.62. The van der Waals surface area contributed by atoms with Crippen LogP contribution in [0.4, 0.5) is 0 Å². The van der Waals surface area contributed by atoms with E-state index in [2.05, 4.69) is 24.3 Å². The van der Waals surface area contributed by atoms with Gasteiger partial charge >= 0.3 is 11.9 Å². The van der Waals surface area contributed by atoms with Gasteiger partial charge in [-0.05, 0) is 62.5 Å². The summed E-state index contributed by atoms with van der Waals surface area (Å²) < 4.78 is 0. The second-order valence-corrected chi connectivity index (χ2v) is 12.0. The fourth-order valence-electron chi connectivity index (χ4n) is 6.51. The molecule has 0 aromatic heterocycles. The Morgan fingerprint density at radius 3 is 1.20 bits per heavy atom. The van der Waals surface area contributed by atoms with Crippen LogP contribution in [-0.4, -0.2) is 69.9 Å². The molecule has 1 aliphatic carbocycles. The number of hydrogen-bond acceptors (Lipinski definition) is 4. The van der Waals surface area contributed by atoms with Crippen molar-refractivity contribution in [3.05, 3.63) is 71.8 Å². The molecule has 2 aromatic rings. The van der Waals surface area contributed by atoms with Gasteiger partial charge < -0.3 is 20.0 Å². The van der Waals surface area contributed by atoms with E-state index in [4.69, 9.17) is 0 Å². The third kappa shape index (κ3) is 9.66. The van der Waals surface area contributed by atoms with Crippen LogP contribution in [0.2, 0.25) is 0 Å². The fraction of sp³-hybridized carbons (Fsp3) is 0.556. The number of amides is 2. The highest BCUT2D eigenvalue weighted by molar-refractivity contribution is 5.99. The first kappa shape index (κ1) is 34.8. The SMILES string of the molecule is CCCN(CCCCCc1ccccc1)C(=O)[C@H]1[C@H](C(=O)O)[C@H](C(=O)N(CCC)CCCCCc2ccccc2)[C@H]1C(=O)O. The van der Waals surface area contributed by atoms with Gasteiger partial charge in [0.05, 0.1) is 23.7 Å². The second kappa shape index (κ2) is 18.2. The van der Waals surface area contributed by atoms with Crippen molar-refractivity contribution in [1.82, 2.24) is 9.80 Å². The first-order valence-corrected chi connectivity index (χ1v) is 16.4. The van der Waals surface area contributed by atoms with E-state index >= 15 is 0 Å². The van der Waals surface area contributed by atoms with E-state index in [0.717, 1.165) is 51.4 Å². The summed E-state index contributed by atoms with van der Waals surface area (Å²) >= 11 is 0. The lowest BCUT2D eigenvalue weighted by molar-refractivity contribution is -0.187. The molecule has 3 rings (SSSR count). The number of carbonyl (C=O) groups is 4. The maximum Gasteiger partial charge on any atom is 0.308 e. The molecule has 0 bridgehead atoms. The average molecular weight is 607 g/mol. The Bertz CT molecular complexity index is 1090. The zero-order valence-electron chi connectivity index (χ0n) is 26.4. The number of carboxylic acids is 2. The summed E-state index contributed by atoms with van der Waals surface area (Å²) in [5.74, 6) is -8.65. The molecule has 2 N–H and O–H groups in total. The molecule has 240 valence electrons. The third-order valence-electron chi connectivity index (χ3n) is 8.77. The predicted octanol–water partition coefficient (Wildman–Crippen LogP) is 5.94. The van der Waals surface area contributed by atoms with E-state index < -0.39 is 47.4 Å². The monoisotopic (exact) mass is 606 g/mol. The van der Waals surface area contributed by atoms with Crippen molar-refractivity contribution in [2.45, 2.75) is 78.1 Å². The zero-order chi connectivity index (χ0) is 31.9. The molecule has 2 amide bonds. The lowest BCUT2D eigenvalue weighted by atomic mass is 9.55. The van der Waals surface area contributed by atoms with Crippen molar-refractivity contribution in [3.8, 4) is 0 Å². The number of benzene rings is 2. The van der Waals surface area contributed by atoms with Crippen LogP contribution in [-0.2, 0) is 32.0 Å². The van der Waals surface area contributed by atoms with E-state index in [9.17, 15) is 29.4 Å². The third-order valence-corrected chi connectivity index (χ3v) is 8.77. The van der Waals surface area contributed by atoms with Crippen LogP contribution in [0.5, 0.6) is 0 Å². The maximum atomic E-state index is 13.7. The van der Waals surface area contributed by atoms with Crippen molar-refractivity contribution in [1.29, 1.82) is 0 Å². The molecule has 1 saturated carbocycles. The van der Waals surface area contributed by atoms with E-state index in [0.29, 0.717) is 39.0 Å². The highest BCUT2D eigenvalue weighted by Crippen LogP contribution is 2.48. The van der Waals surface area contributed by atoms with Gasteiger partial charge in [0.15, 0.2) is 0 Å². The van der Waals surface area contributed by atoms with Gasteiger partial charge in [-0.2, -0.15) is 0 Å². The van der Waals surface area contributed by atoms with Gasteiger partial charge in [0.25, 0.3) is 0 Å². The average Bonchev–Trinajstić information content (AvgIpc) is 2.99. The van der Waals surface area contributed by atoms with Crippen LogP contribution in [0.25, 0.3) is 0 Å². The molecule has 8 nitrogen and oxygen atoms in total. The van der Waals surface area contributed by atoms with Crippen LogP contribution in [0.3, 0.4) is 0 Å². The molecule has 8 heteroatoms. The highest BCUT2D eigenvalue weighted by Gasteiger charge is 2.64. The molecule has 44 heavy (non-hydrogen) atoms. The van der Waals surface area contributed by atoms with Crippen LogP contribution in [0, 0.1) is 23.7 Å². The number of aliphatic carboxylic acids is 2. The van der Waals surface area contributed by atoms with Gasteiger partial charge in [0, 0.05) is 26.2 Å². The molecule has 2 aromatic carbocycles. The van der Waals surface area contributed by atoms with Crippen molar-refractivity contribution in [2.75, 3.05) is 26.2 Å². The number of hydrogen-bond donors (Lipinski definition) is 2. The second-order valence-electron chi connectivity index (χ2n) is 12.0. The van der Waals surface area contributed by atoms with Gasteiger partial charge in [0.1, 0.15) is 0 Å². The number of carboxylic acid groups (broad SMARTS) is 2. The molecular formula is C36H50N2O6. The molecular weight excluding hydrogens is 556 g/mol. The summed E-state index contributed by atoms with van der Waals surface area (Å²) in [5.41, 5.74) is 2.52. The Morgan fingerprint density at radius 1 is 0.523 bits per heavy atom. The quantitative estimate of drug-likeness (QED) is 0.180. The van der Waals surface area contributed by atoms with Gasteiger partial charge in [-0.25, -0.2) is 0 Å². The lowest BCUT2D eigenvalue weighted by Crippen LogP contribution is -2.64. The van der Waals surface area contributed by atoms with E-state index in [1.54, 1.807) is 9.80 Å². The minimum absolute atomic E-state index is 0.427. The Hall–Kier alpha value is -3.68. The minimum Gasteiger partial charge on any atom is -0.481 e. The van der Waals surface area contributed by atoms with Crippen molar-refractivity contribution in [2.24, 2.45) is 23.7 Å². The van der Waals surface area contributed by atoms with Crippen LogP contribution in [0.1, 0.15) is 76.3 Å². The minimum atomic E-state index is -1.34. The molecule has 1 aliphatic rings. The van der Waals surface area contributed by atoms with Crippen molar-refractivity contribution >= 4 is 23.8 Å². The molecule has 0 heterocycles. The Balaban J connectivity index is 1.62. The van der Waals surface area contributed by atoms with Crippen LogP contribution >= 0.6 is 0 Å². The van der Waals surface area contributed by atoms with E-state index in [1.165, 1.54) is 11.1 Å². The molecule has 0 unspecified atom stereocenters. The number of nitrogens with zero attached hydrogens (tertiary/aromatic N) is 2. The molecule has 1 fully saturated rings. The first-order chi connectivity index (χ1) is 21.3. The Kier molecular flexibility index (Phi) is 14.4. The first-order valence-electron chi connectivity index (χ1n) is 16.4. The fourth-order valence-corrected chi connectivity index (χ4v) is 6.51. The van der Waals surface area contributed by atoms with Gasteiger partial charge in [-0.1, -0.05) is 87.4 Å². The summed E-state index contributed by atoms with van der Waals surface area (Å²) in [4.78, 5) is 55.6. The Labute approximate surface area is 262 Å². The summed E-state index contributed by atoms with van der Waals surface area (Å²) in [7, 11) is 0. The van der Waals surface area contributed by atoms with Gasteiger partial charge in [0.2, 0.25) is 11.8 Å².